The summed E-state index contributed by atoms with van der Waals surface area (Å²) >= 11 is 0. The Bertz CT molecular complexity index is 1550. The van der Waals surface area contributed by atoms with Crippen LogP contribution in [-0.2, 0) is 40.6 Å². The molecule has 1 aliphatic rings. The van der Waals surface area contributed by atoms with E-state index in [4.69, 9.17) is 14.5 Å². The number of nitrogens with zero attached hydrogens (tertiary/aromatic N) is 5. The van der Waals surface area contributed by atoms with Gasteiger partial charge in [0, 0.05) is 64.6 Å². The lowest BCUT2D eigenvalue weighted by molar-refractivity contribution is -0.132. The minimum absolute atomic E-state index is 0.00749. The Labute approximate surface area is 253 Å². The van der Waals surface area contributed by atoms with E-state index >= 15 is 0 Å². The highest BCUT2D eigenvalue weighted by Gasteiger charge is 2.24. The van der Waals surface area contributed by atoms with Crippen LogP contribution in [0.15, 0.2) is 72.8 Å². The van der Waals surface area contributed by atoms with Crippen LogP contribution in [0.2, 0.25) is 0 Å². The van der Waals surface area contributed by atoms with Gasteiger partial charge in [0.25, 0.3) is 0 Å². The van der Waals surface area contributed by atoms with Gasteiger partial charge in [-0.25, -0.2) is 4.98 Å². The van der Waals surface area contributed by atoms with E-state index in [1.165, 1.54) is 0 Å². The quantitative estimate of drug-likeness (QED) is 0.295. The van der Waals surface area contributed by atoms with E-state index in [1.807, 2.05) is 88.0 Å². The maximum atomic E-state index is 14.2. The van der Waals surface area contributed by atoms with E-state index in [0.29, 0.717) is 51.8 Å². The van der Waals surface area contributed by atoms with Gasteiger partial charge in [-0.2, -0.15) is 0 Å². The minimum atomic E-state index is -0.0152. The van der Waals surface area contributed by atoms with Gasteiger partial charge in [0.2, 0.25) is 11.8 Å². The Morgan fingerprint density at radius 1 is 0.907 bits per heavy atom. The molecule has 1 aromatic heterocycles. The molecule has 1 aliphatic heterocycles. The van der Waals surface area contributed by atoms with Crippen LogP contribution in [0.3, 0.4) is 0 Å². The summed E-state index contributed by atoms with van der Waals surface area (Å²) in [5.74, 6) is 1.57. The number of aromatic nitrogens is 2. The summed E-state index contributed by atoms with van der Waals surface area (Å²) in [6.07, 6.45) is 0.806. The number of fused-ring (bicyclic) bond motifs is 2. The first-order valence-corrected chi connectivity index (χ1v) is 15.0. The summed E-state index contributed by atoms with van der Waals surface area (Å²) in [7, 11) is 1.63. The lowest BCUT2D eigenvalue weighted by Crippen LogP contribution is -2.40. The molecular formula is C34H41N5O4. The van der Waals surface area contributed by atoms with Crippen molar-refractivity contribution >= 4 is 28.5 Å². The first kappa shape index (κ1) is 30.3. The fourth-order valence-corrected chi connectivity index (χ4v) is 5.79. The lowest BCUT2D eigenvalue weighted by atomic mass is 10.1. The van der Waals surface area contributed by atoms with Gasteiger partial charge >= 0.3 is 0 Å². The normalized spacial score (nSPS) is 14.8. The third-order valence-electron chi connectivity index (χ3n) is 7.89. The fourth-order valence-electron chi connectivity index (χ4n) is 5.79. The fraction of sp³-hybridized carbons (Fsp3) is 0.382. The molecule has 0 unspecified atom stereocenters. The molecule has 0 saturated carbocycles. The van der Waals surface area contributed by atoms with Crippen LogP contribution >= 0.6 is 0 Å². The first-order valence-electron chi connectivity index (χ1n) is 15.0. The van der Waals surface area contributed by atoms with Crippen LogP contribution in [0.1, 0.15) is 37.2 Å². The standard InChI is InChI=1S/C34H41N5O4/c1-4-43-32-17-10-6-13-28(32)22-36-18-11-19-38(26(2)40)30-15-8-5-12-27(30)23-37(21-20-36)34(41)24-39-31-16-9-7-14-29(31)35-33(39)25-42-3/h5-10,12-17H,4,11,18-25H2,1-3H3. The van der Waals surface area contributed by atoms with E-state index in [1.54, 1.807) is 14.0 Å². The van der Waals surface area contributed by atoms with E-state index in [2.05, 4.69) is 11.0 Å². The number of amides is 2. The smallest absolute Gasteiger partial charge is 0.242 e. The van der Waals surface area contributed by atoms with Crippen molar-refractivity contribution < 1.29 is 19.1 Å². The molecule has 9 nitrogen and oxygen atoms in total. The van der Waals surface area contributed by atoms with Crippen LogP contribution in [-0.4, -0.2) is 71.1 Å². The van der Waals surface area contributed by atoms with Crippen molar-refractivity contribution in [3.8, 4) is 5.75 Å². The molecule has 0 bridgehead atoms. The molecule has 0 saturated heterocycles. The number of rotatable bonds is 8. The maximum Gasteiger partial charge on any atom is 0.242 e. The van der Waals surface area contributed by atoms with E-state index in [0.717, 1.165) is 46.6 Å². The summed E-state index contributed by atoms with van der Waals surface area (Å²) < 4.78 is 13.3. The van der Waals surface area contributed by atoms with Crippen molar-refractivity contribution in [1.29, 1.82) is 0 Å². The number of ether oxygens (including phenoxy) is 2. The zero-order valence-corrected chi connectivity index (χ0v) is 25.4. The second-order valence-electron chi connectivity index (χ2n) is 10.8. The summed E-state index contributed by atoms with van der Waals surface area (Å²) in [5.41, 5.74) is 4.65. The predicted octanol–water partition coefficient (Wildman–Crippen LogP) is 4.87. The predicted molar refractivity (Wildman–Crippen MR) is 168 cm³/mol. The van der Waals surface area contributed by atoms with Crippen LogP contribution < -0.4 is 9.64 Å². The second-order valence-corrected chi connectivity index (χ2v) is 10.8. The van der Waals surface area contributed by atoms with Crippen LogP contribution in [0.25, 0.3) is 11.0 Å². The molecular weight excluding hydrogens is 542 g/mol. The van der Waals surface area contributed by atoms with Crippen LogP contribution in [0.4, 0.5) is 5.69 Å². The molecule has 226 valence electrons. The van der Waals surface area contributed by atoms with Gasteiger partial charge in [0.1, 0.15) is 24.7 Å². The highest BCUT2D eigenvalue weighted by molar-refractivity contribution is 5.92. The lowest BCUT2D eigenvalue weighted by Gasteiger charge is -2.29. The summed E-state index contributed by atoms with van der Waals surface area (Å²) in [5, 5.41) is 0. The topological polar surface area (TPSA) is 80.1 Å². The monoisotopic (exact) mass is 583 g/mol. The Morgan fingerprint density at radius 2 is 1.67 bits per heavy atom. The number of para-hydroxylation sites is 4. The summed E-state index contributed by atoms with van der Waals surface area (Å²) in [6.45, 7) is 8.34. The molecule has 2 heterocycles. The molecule has 5 rings (SSSR count). The zero-order valence-electron chi connectivity index (χ0n) is 25.4. The molecule has 0 fully saturated rings. The molecule has 3 aromatic carbocycles. The number of carbonyl (C=O) groups excluding carboxylic acids is 2. The van der Waals surface area contributed by atoms with Gasteiger partial charge in [-0.3, -0.25) is 14.5 Å². The minimum Gasteiger partial charge on any atom is -0.494 e. The average Bonchev–Trinajstić information content (AvgIpc) is 3.33. The Hall–Kier alpha value is -4.21. The third-order valence-corrected chi connectivity index (χ3v) is 7.89. The Balaban J connectivity index is 1.47. The molecule has 0 spiro atoms. The van der Waals surface area contributed by atoms with Gasteiger partial charge in [0.05, 0.1) is 17.6 Å². The number of hydrogen-bond donors (Lipinski definition) is 0. The van der Waals surface area contributed by atoms with E-state index < -0.39 is 0 Å². The maximum absolute atomic E-state index is 14.2. The molecule has 0 N–H and O–H groups in total. The second kappa shape index (κ2) is 14.3. The van der Waals surface area contributed by atoms with Gasteiger partial charge in [-0.05, 0) is 43.2 Å². The molecule has 0 radical (unpaired) electrons. The number of carbonyl (C=O) groups is 2. The van der Waals surface area contributed by atoms with Gasteiger partial charge in [0.15, 0.2) is 0 Å². The summed E-state index contributed by atoms with van der Waals surface area (Å²) in [6, 6.07) is 23.9. The van der Waals surface area contributed by atoms with Crippen molar-refractivity contribution in [1.82, 2.24) is 19.4 Å². The Kier molecular flexibility index (Phi) is 10.1. The van der Waals surface area contributed by atoms with Gasteiger partial charge < -0.3 is 23.8 Å². The summed E-state index contributed by atoms with van der Waals surface area (Å²) in [4.78, 5) is 37.8. The molecule has 0 atom stereocenters. The van der Waals surface area contributed by atoms with E-state index in [9.17, 15) is 9.59 Å². The van der Waals surface area contributed by atoms with Crippen molar-refractivity contribution in [2.24, 2.45) is 0 Å². The molecule has 43 heavy (non-hydrogen) atoms. The van der Waals surface area contributed by atoms with Gasteiger partial charge in [-0.15, -0.1) is 0 Å². The zero-order chi connectivity index (χ0) is 30.2. The van der Waals surface area contributed by atoms with Crippen molar-refractivity contribution in [2.75, 3.05) is 44.8 Å². The molecule has 2 amide bonds. The van der Waals surface area contributed by atoms with Crippen LogP contribution in [0.5, 0.6) is 5.75 Å². The highest BCUT2D eigenvalue weighted by Crippen LogP contribution is 2.26. The van der Waals surface area contributed by atoms with Crippen LogP contribution in [0, 0.1) is 0 Å². The number of benzene rings is 3. The SMILES string of the molecule is CCOc1ccccc1CN1CCCN(C(C)=O)c2ccccc2CN(C(=O)Cn2c(COC)nc3ccccc32)CC1. The van der Waals surface area contributed by atoms with Crippen molar-refractivity contribution in [3.63, 3.8) is 0 Å². The largest absolute Gasteiger partial charge is 0.494 e. The number of anilines is 1. The number of imidazole rings is 1. The highest BCUT2D eigenvalue weighted by atomic mass is 16.5. The first-order chi connectivity index (χ1) is 21.0. The van der Waals surface area contributed by atoms with Gasteiger partial charge in [-0.1, -0.05) is 48.5 Å². The van der Waals surface area contributed by atoms with E-state index in [-0.39, 0.29) is 18.4 Å². The number of methoxy groups -OCH3 is 1. The average molecular weight is 584 g/mol. The molecule has 4 aromatic rings. The molecule has 0 aliphatic carbocycles. The number of hydrogen-bond acceptors (Lipinski definition) is 6. The third kappa shape index (κ3) is 7.24. The van der Waals surface area contributed by atoms with Crippen molar-refractivity contribution in [2.45, 2.75) is 46.5 Å². The molecule has 9 heteroatoms. The van der Waals surface area contributed by atoms with Crippen molar-refractivity contribution in [3.05, 3.63) is 89.7 Å². The Morgan fingerprint density at radius 3 is 2.49 bits per heavy atom.